The molecule has 3 N–H and O–H groups in total. The second kappa shape index (κ2) is 6.98. The molecular formula is C18H21N3O3. The zero-order valence-corrected chi connectivity index (χ0v) is 13.6. The van der Waals surface area contributed by atoms with Crippen LogP contribution in [0.5, 0.6) is 0 Å². The highest BCUT2D eigenvalue weighted by molar-refractivity contribution is 5.94. The van der Waals surface area contributed by atoms with E-state index in [0.717, 1.165) is 17.7 Å². The topological polar surface area (TPSA) is 88.7 Å². The number of nitrogens with two attached hydrogens (primary N) is 1. The second-order valence-electron chi connectivity index (χ2n) is 5.91. The minimum Gasteiger partial charge on any atom is -0.478 e. The number of pyridine rings is 1. The molecule has 0 spiro atoms. The van der Waals surface area contributed by atoms with E-state index in [0.29, 0.717) is 18.9 Å². The van der Waals surface area contributed by atoms with E-state index in [4.69, 9.17) is 10.5 Å². The largest absolute Gasteiger partial charge is 0.478 e. The zero-order valence-electron chi connectivity index (χ0n) is 13.6. The number of aromatic carboxylic acids is 1. The molecule has 1 aliphatic rings. The number of methoxy groups -OCH3 is 1. The standard InChI is InChI=1S/C18H21N3O3/c1-24-16-11-21(10-9-14(16)19)17-13(18(22)23)7-8-15(20-17)12-5-3-2-4-6-12/h2-8,14,16H,9-11,19H2,1H3,(H,22,23)/t14-,16+/m1/s1. The van der Waals surface area contributed by atoms with Crippen LogP contribution >= 0.6 is 0 Å². The van der Waals surface area contributed by atoms with Crippen molar-refractivity contribution in [3.8, 4) is 11.3 Å². The van der Waals surface area contributed by atoms with Gasteiger partial charge in [0, 0.05) is 31.8 Å². The molecule has 2 heterocycles. The fourth-order valence-corrected chi connectivity index (χ4v) is 3.00. The molecule has 3 rings (SSSR count). The van der Waals surface area contributed by atoms with E-state index in [2.05, 4.69) is 4.98 Å². The summed E-state index contributed by atoms with van der Waals surface area (Å²) < 4.78 is 5.43. The van der Waals surface area contributed by atoms with Gasteiger partial charge in [-0.3, -0.25) is 0 Å². The van der Waals surface area contributed by atoms with Crippen molar-refractivity contribution in [3.63, 3.8) is 0 Å². The Morgan fingerprint density at radius 2 is 2.04 bits per heavy atom. The molecule has 0 bridgehead atoms. The van der Waals surface area contributed by atoms with E-state index in [1.54, 1.807) is 19.2 Å². The molecule has 0 radical (unpaired) electrons. The van der Waals surface area contributed by atoms with Crippen molar-refractivity contribution in [1.82, 2.24) is 4.98 Å². The summed E-state index contributed by atoms with van der Waals surface area (Å²) in [6.07, 6.45) is 0.594. The predicted octanol–water partition coefficient (Wildman–Crippen LogP) is 2.00. The molecule has 2 aromatic rings. The van der Waals surface area contributed by atoms with Gasteiger partial charge < -0.3 is 20.5 Å². The summed E-state index contributed by atoms with van der Waals surface area (Å²) in [4.78, 5) is 18.2. The van der Waals surface area contributed by atoms with E-state index < -0.39 is 5.97 Å². The highest BCUT2D eigenvalue weighted by Crippen LogP contribution is 2.27. The lowest BCUT2D eigenvalue weighted by Crippen LogP contribution is -2.52. The van der Waals surface area contributed by atoms with Crippen molar-refractivity contribution in [2.24, 2.45) is 5.73 Å². The van der Waals surface area contributed by atoms with Crippen LogP contribution in [0, 0.1) is 0 Å². The van der Waals surface area contributed by atoms with Gasteiger partial charge in [-0.2, -0.15) is 0 Å². The predicted molar refractivity (Wildman–Crippen MR) is 92.2 cm³/mol. The summed E-state index contributed by atoms with van der Waals surface area (Å²) in [5.41, 5.74) is 7.96. The van der Waals surface area contributed by atoms with Gasteiger partial charge in [0.1, 0.15) is 11.4 Å². The van der Waals surface area contributed by atoms with Crippen LogP contribution in [-0.4, -0.2) is 48.4 Å². The number of carboxylic acid groups (broad SMARTS) is 1. The Kier molecular flexibility index (Phi) is 4.78. The molecule has 1 aromatic heterocycles. The van der Waals surface area contributed by atoms with Crippen LogP contribution in [-0.2, 0) is 4.74 Å². The first-order valence-electron chi connectivity index (χ1n) is 7.93. The van der Waals surface area contributed by atoms with Crippen LogP contribution < -0.4 is 10.6 Å². The lowest BCUT2D eigenvalue weighted by Gasteiger charge is -2.37. The highest BCUT2D eigenvalue weighted by atomic mass is 16.5. The summed E-state index contributed by atoms with van der Waals surface area (Å²) in [6.45, 7) is 1.19. The van der Waals surface area contributed by atoms with Crippen LogP contribution in [0.2, 0.25) is 0 Å². The van der Waals surface area contributed by atoms with E-state index >= 15 is 0 Å². The number of aromatic nitrogens is 1. The number of hydrogen-bond donors (Lipinski definition) is 2. The fourth-order valence-electron chi connectivity index (χ4n) is 3.00. The van der Waals surface area contributed by atoms with Crippen molar-refractivity contribution in [3.05, 3.63) is 48.0 Å². The molecule has 1 fully saturated rings. The maximum atomic E-state index is 11.6. The third-order valence-corrected chi connectivity index (χ3v) is 4.39. The van der Waals surface area contributed by atoms with Crippen molar-refractivity contribution in [2.75, 3.05) is 25.1 Å². The summed E-state index contributed by atoms with van der Waals surface area (Å²) in [6, 6.07) is 13.0. The molecule has 0 amide bonds. The van der Waals surface area contributed by atoms with Gasteiger partial charge in [0.25, 0.3) is 0 Å². The number of carboxylic acids is 1. The molecule has 0 aliphatic carbocycles. The third-order valence-electron chi connectivity index (χ3n) is 4.39. The van der Waals surface area contributed by atoms with Gasteiger partial charge in [-0.15, -0.1) is 0 Å². The van der Waals surface area contributed by atoms with Gasteiger partial charge in [0.2, 0.25) is 0 Å². The van der Waals surface area contributed by atoms with Gasteiger partial charge >= 0.3 is 5.97 Å². The first-order valence-corrected chi connectivity index (χ1v) is 7.93. The number of piperidine rings is 1. The molecule has 0 saturated carbocycles. The van der Waals surface area contributed by atoms with Crippen LogP contribution in [0.4, 0.5) is 5.82 Å². The van der Waals surface area contributed by atoms with Crippen LogP contribution in [0.3, 0.4) is 0 Å². The van der Waals surface area contributed by atoms with Crippen LogP contribution in [0.25, 0.3) is 11.3 Å². The monoisotopic (exact) mass is 327 g/mol. The Morgan fingerprint density at radius 3 is 2.71 bits per heavy atom. The average molecular weight is 327 g/mol. The van der Waals surface area contributed by atoms with Gasteiger partial charge in [-0.05, 0) is 18.6 Å². The molecule has 6 heteroatoms. The minimum atomic E-state index is -0.985. The first kappa shape index (κ1) is 16.4. The molecule has 1 aliphatic heterocycles. The Morgan fingerprint density at radius 1 is 1.29 bits per heavy atom. The Labute approximate surface area is 140 Å². The number of nitrogens with zero attached hydrogens (tertiary/aromatic N) is 2. The highest BCUT2D eigenvalue weighted by Gasteiger charge is 2.29. The summed E-state index contributed by atoms with van der Waals surface area (Å²) in [5, 5.41) is 9.51. The number of anilines is 1. The smallest absolute Gasteiger partial charge is 0.339 e. The Bertz CT molecular complexity index is 721. The maximum absolute atomic E-state index is 11.6. The van der Waals surface area contributed by atoms with E-state index in [-0.39, 0.29) is 17.7 Å². The number of hydrogen-bond acceptors (Lipinski definition) is 5. The van der Waals surface area contributed by atoms with Crippen molar-refractivity contribution in [1.29, 1.82) is 0 Å². The average Bonchev–Trinajstić information content (AvgIpc) is 2.62. The number of ether oxygens (including phenoxy) is 1. The zero-order chi connectivity index (χ0) is 17.1. The van der Waals surface area contributed by atoms with Crippen molar-refractivity contribution in [2.45, 2.75) is 18.6 Å². The summed E-state index contributed by atoms with van der Waals surface area (Å²) in [5.74, 6) is -0.515. The van der Waals surface area contributed by atoms with E-state index in [9.17, 15) is 9.90 Å². The van der Waals surface area contributed by atoms with Crippen LogP contribution in [0.1, 0.15) is 16.8 Å². The summed E-state index contributed by atoms with van der Waals surface area (Å²) in [7, 11) is 1.62. The van der Waals surface area contributed by atoms with Gasteiger partial charge in [-0.1, -0.05) is 30.3 Å². The van der Waals surface area contributed by atoms with E-state index in [1.807, 2.05) is 35.2 Å². The fraction of sp³-hybridized carbons (Fsp3) is 0.333. The lowest BCUT2D eigenvalue weighted by atomic mass is 10.0. The molecule has 2 atom stereocenters. The number of carbonyl (C=O) groups is 1. The van der Waals surface area contributed by atoms with Gasteiger partial charge in [-0.25, -0.2) is 9.78 Å². The molecule has 1 aromatic carbocycles. The quantitative estimate of drug-likeness (QED) is 0.893. The molecule has 126 valence electrons. The van der Waals surface area contributed by atoms with Gasteiger partial charge in [0.05, 0.1) is 11.8 Å². The third kappa shape index (κ3) is 3.25. The lowest BCUT2D eigenvalue weighted by molar-refractivity contribution is 0.0685. The molecule has 6 nitrogen and oxygen atoms in total. The Hall–Kier alpha value is -2.44. The minimum absolute atomic E-state index is 0.0446. The van der Waals surface area contributed by atoms with Crippen molar-refractivity contribution < 1.29 is 14.6 Å². The normalized spacial score (nSPS) is 20.8. The van der Waals surface area contributed by atoms with Crippen molar-refractivity contribution >= 4 is 11.8 Å². The second-order valence-corrected chi connectivity index (χ2v) is 5.91. The first-order chi connectivity index (χ1) is 11.6. The molecular weight excluding hydrogens is 306 g/mol. The number of benzene rings is 1. The SMILES string of the molecule is CO[C@H]1CN(c2nc(-c3ccccc3)ccc2C(=O)O)CC[C@H]1N. The van der Waals surface area contributed by atoms with Gasteiger partial charge in [0.15, 0.2) is 0 Å². The summed E-state index contributed by atoms with van der Waals surface area (Å²) >= 11 is 0. The van der Waals surface area contributed by atoms with Crippen LogP contribution in [0.15, 0.2) is 42.5 Å². The molecule has 24 heavy (non-hydrogen) atoms. The molecule has 1 saturated heterocycles. The number of rotatable bonds is 4. The maximum Gasteiger partial charge on any atom is 0.339 e. The molecule has 0 unspecified atom stereocenters. The Balaban J connectivity index is 1.99. The van der Waals surface area contributed by atoms with E-state index in [1.165, 1.54) is 0 Å².